The van der Waals surface area contributed by atoms with E-state index in [9.17, 15) is 14.4 Å². The van der Waals surface area contributed by atoms with Gasteiger partial charge < -0.3 is 15.5 Å². The molecule has 1 saturated carbocycles. The maximum Gasteiger partial charge on any atom is 0.241 e. The van der Waals surface area contributed by atoms with Crippen LogP contribution in [0.4, 0.5) is 5.69 Å². The van der Waals surface area contributed by atoms with Gasteiger partial charge >= 0.3 is 0 Å². The quantitative estimate of drug-likeness (QED) is 0.745. The Labute approximate surface area is 168 Å². The number of amides is 3. The van der Waals surface area contributed by atoms with E-state index in [0.29, 0.717) is 25.9 Å². The molecule has 1 saturated heterocycles. The zero-order valence-corrected chi connectivity index (χ0v) is 17.0. The van der Waals surface area contributed by atoms with Crippen LogP contribution < -0.4 is 10.6 Å². The second-order valence-corrected chi connectivity index (χ2v) is 8.27. The molecular formula is C20H26BrN3O3. The van der Waals surface area contributed by atoms with Gasteiger partial charge in [0.1, 0.15) is 0 Å². The minimum Gasteiger partial charge on any atom is -0.347 e. The molecule has 0 atom stereocenters. The van der Waals surface area contributed by atoms with Gasteiger partial charge in [-0.25, -0.2) is 0 Å². The SMILES string of the molecule is O=C(NCC(=O)N1CCC(C(=O)Nc2ccc(Br)cc2)CC1)C1CCCC1. The molecule has 6 nitrogen and oxygen atoms in total. The third kappa shape index (κ3) is 5.54. The van der Waals surface area contributed by atoms with Crippen LogP contribution >= 0.6 is 15.9 Å². The summed E-state index contributed by atoms with van der Waals surface area (Å²) in [6.07, 6.45) is 5.34. The average molecular weight is 436 g/mol. The highest BCUT2D eigenvalue weighted by molar-refractivity contribution is 9.10. The van der Waals surface area contributed by atoms with Crippen LogP contribution in [0.2, 0.25) is 0 Å². The van der Waals surface area contributed by atoms with Crippen molar-refractivity contribution in [2.75, 3.05) is 25.0 Å². The molecule has 3 amide bonds. The Morgan fingerprint density at radius 2 is 1.52 bits per heavy atom. The zero-order chi connectivity index (χ0) is 19.2. The number of rotatable bonds is 5. The van der Waals surface area contributed by atoms with E-state index in [4.69, 9.17) is 0 Å². The molecule has 0 aromatic heterocycles. The van der Waals surface area contributed by atoms with Crippen LogP contribution in [0.25, 0.3) is 0 Å². The molecule has 3 rings (SSSR count). The van der Waals surface area contributed by atoms with Gasteiger partial charge in [0.2, 0.25) is 17.7 Å². The molecule has 0 unspecified atom stereocenters. The lowest BCUT2D eigenvalue weighted by molar-refractivity contribution is -0.136. The Morgan fingerprint density at radius 3 is 2.15 bits per heavy atom. The molecule has 146 valence electrons. The van der Waals surface area contributed by atoms with Crippen LogP contribution in [0, 0.1) is 11.8 Å². The van der Waals surface area contributed by atoms with E-state index < -0.39 is 0 Å². The summed E-state index contributed by atoms with van der Waals surface area (Å²) in [5.74, 6) is -0.0756. The van der Waals surface area contributed by atoms with Gasteiger partial charge in [0.05, 0.1) is 6.54 Å². The van der Waals surface area contributed by atoms with Crippen LogP contribution in [-0.2, 0) is 14.4 Å². The first-order valence-electron chi connectivity index (χ1n) is 9.65. The molecule has 1 aliphatic heterocycles. The molecule has 2 aliphatic rings. The fourth-order valence-electron chi connectivity index (χ4n) is 3.78. The smallest absolute Gasteiger partial charge is 0.241 e. The van der Waals surface area contributed by atoms with Gasteiger partial charge in [-0.15, -0.1) is 0 Å². The number of hydrogen-bond donors (Lipinski definition) is 2. The number of halogens is 1. The summed E-state index contributed by atoms with van der Waals surface area (Å²) in [5, 5.41) is 5.71. The monoisotopic (exact) mass is 435 g/mol. The highest BCUT2D eigenvalue weighted by Crippen LogP contribution is 2.24. The van der Waals surface area contributed by atoms with Crippen molar-refractivity contribution in [3.05, 3.63) is 28.7 Å². The number of anilines is 1. The highest BCUT2D eigenvalue weighted by Gasteiger charge is 2.28. The highest BCUT2D eigenvalue weighted by atomic mass is 79.9. The van der Waals surface area contributed by atoms with E-state index in [1.165, 1.54) is 0 Å². The van der Waals surface area contributed by atoms with Gasteiger partial charge in [-0.2, -0.15) is 0 Å². The Balaban J connectivity index is 1.39. The number of benzene rings is 1. The second kappa shape index (κ2) is 9.35. The van der Waals surface area contributed by atoms with Crippen molar-refractivity contribution < 1.29 is 14.4 Å². The van der Waals surface area contributed by atoms with E-state index in [-0.39, 0.29) is 36.1 Å². The van der Waals surface area contributed by atoms with E-state index in [2.05, 4.69) is 26.6 Å². The Hall–Kier alpha value is -1.89. The molecule has 2 fully saturated rings. The molecule has 0 spiro atoms. The number of likely N-dealkylation sites (tertiary alicyclic amines) is 1. The lowest BCUT2D eigenvalue weighted by atomic mass is 9.95. The van der Waals surface area contributed by atoms with Gasteiger partial charge in [-0.3, -0.25) is 14.4 Å². The van der Waals surface area contributed by atoms with Gasteiger partial charge in [0.15, 0.2) is 0 Å². The lowest BCUT2D eigenvalue weighted by Gasteiger charge is -2.31. The summed E-state index contributed by atoms with van der Waals surface area (Å²) < 4.78 is 0.965. The first-order valence-corrected chi connectivity index (χ1v) is 10.4. The summed E-state index contributed by atoms with van der Waals surface area (Å²) in [7, 11) is 0. The number of piperidine rings is 1. The summed E-state index contributed by atoms with van der Waals surface area (Å²) >= 11 is 3.37. The standard InChI is InChI=1S/C20H26BrN3O3/c21-16-5-7-17(8-6-16)23-20(27)15-9-11-24(12-10-15)18(25)13-22-19(26)14-3-1-2-4-14/h5-8,14-15H,1-4,9-13H2,(H,22,26)(H,23,27). The number of nitrogens with one attached hydrogen (secondary N) is 2. The van der Waals surface area contributed by atoms with Gasteiger partial charge in [0.25, 0.3) is 0 Å². The number of carbonyl (C=O) groups is 3. The van der Waals surface area contributed by atoms with E-state index in [1.54, 1.807) is 4.90 Å². The molecule has 2 N–H and O–H groups in total. The van der Waals surface area contributed by atoms with Crippen molar-refractivity contribution in [2.45, 2.75) is 38.5 Å². The molecule has 1 aromatic rings. The number of hydrogen-bond acceptors (Lipinski definition) is 3. The fourth-order valence-corrected chi connectivity index (χ4v) is 4.04. The second-order valence-electron chi connectivity index (χ2n) is 7.35. The van der Waals surface area contributed by atoms with E-state index in [0.717, 1.165) is 35.8 Å². The van der Waals surface area contributed by atoms with Crippen LogP contribution in [0.15, 0.2) is 28.7 Å². The van der Waals surface area contributed by atoms with Crippen LogP contribution in [0.3, 0.4) is 0 Å². The van der Waals surface area contributed by atoms with Crippen molar-refractivity contribution in [1.82, 2.24) is 10.2 Å². The van der Waals surface area contributed by atoms with Crippen molar-refractivity contribution in [1.29, 1.82) is 0 Å². The fraction of sp³-hybridized carbons (Fsp3) is 0.550. The maximum absolute atomic E-state index is 12.4. The molecule has 7 heteroatoms. The lowest BCUT2D eigenvalue weighted by Crippen LogP contribution is -2.46. The Morgan fingerprint density at radius 1 is 0.926 bits per heavy atom. The molecule has 0 bridgehead atoms. The van der Waals surface area contributed by atoms with Crippen molar-refractivity contribution in [2.24, 2.45) is 11.8 Å². The summed E-state index contributed by atoms with van der Waals surface area (Å²) in [5.41, 5.74) is 0.774. The zero-order valence-electron chi connectivity index (χ0n) is 15.4. The summed E-state index contributed by atoms with van der Waals surface area (Å²) in [6, 6.07) is 7.48. The molecule has 1 heterocycles. The summed E-state index contributed by atoms with van der Waals surface area (Å²) in [4.78, 5) is 38.5. The van der Waals surface area contributed by atoms with Crippen LogP contribution in [0.1, 0.15) is 38.5 Å². The van der Waals surface area contributed by atoms with E-state index >= 15 is 0 Å². The molecular weight excluding hydrogens is 410 g/mol. The van der Waals surface area contributed by atoms with Crippen molar-refractivity contribution in [3.8, 4) is 0 Å². The summed E-state index contributed by atoms with van der Waals surface area (Å²) in [6.45, 7) is 1.16. The minimum absolute atomic E-state index is 0.000965. The first-order chi connectivity index (χ1) is 13.0. The van der Waals surface area contributed by atoms with Gasteiger partial charge in [-0.05, 0) is 49.9 Å². The van der Waals surface area contributed by atoms with Crippen LogP contribution in [0.5, 0.6) is 0 Å². The number of nitrogens with zero attached hydrogens (tertiary/aromatic N) is 1. The Bertz CT molecular complexity index is 678. The predicted octanol–water partition coefficient (Wildman–Crippen LogP) is 2.93. The van der Waals surface area contributed by atoms with E-state index in [1.807, 2.05) is 24.3 Å². The van der Waals surface area contributed by atoms with Crippen molar-refractivity contribution in [3.63, 3.8) is 0 Å². The van der Waals surface area contributed by atoms with Gasteiger partial charge in [0, 0.05) is 35.1 Å². The minimum atomic E-state index is -0.0919. The third-order valence-electron chi connectivity index (χ3n) is 5.47. The average Bonchev–Trinajstić information content (AvgIpc) is 3.22. The van der Waals surface area contributed by atoms with Gasteiger partial charge in [-0.1, -0.05) is 28.8 Å². The first kappa shape index (κ1) is 19.9. The van der Waals surface area contributed by atoms with Crippen LogP contribution in [-0.4, -0.2) is 42.3 Å². The molecule has 1 aliphatic carbocycles. The number of carbonyl (C=O) groups excluding carboxylic acids is 3. The topological polar surface area (TPSA) is 78.5 Å². The maximum atomic E-state index is 12.4. The third-order valence-corrected chi connectivity index (χ3v) is 6.00. The largest absolute Gasteiger partial charge is 0.347 e. The molecule has 1 aromatic carbocycles. The van der Waals surface area contributed by atoms with Crippen molar-refractivity contribution >= 4 is 39.3 Å². The predicted molar refractivity (Wildman–Crippen MR) is 107 cm³/mol. The molecule has 0 radical (unpaired) electrons. The Kier molecular flexibility index (Phi) is 6.88. The normalized spacial score (nSPS) is 18.3. The molecule has 27 heavy (non-hydrogen) atoms.